The van der Waals surface area contributed by atoms with Crippen LogP contribution in [0, 0.1) is 0 Å². The van der Waals surface area contributed by atoms with Gasteiger partial charge in [-0.25, -0.2) is 0 Å². The molecule has 0 aliphatic heterocycles. The summed E-state index contributed by atoms with van der Waals surface area (Å²) in [5.41, 5.74) is 11.8. The van der Waals surface area contributed by atoms with E-state index < -0.39 is 12.0 Å². The molecule has 0 aromatic rings. The van der Waals surface area contributed by atoms with E-state index in [2.05, 4.69) is 4.99 Å². The Morgan fingerprint density at radius 1 is 1.53 bits per heavy atom. The van der Waals surface area contributed by atoms with Gasteiger partial charge in [0.15, 0.2) is 0 Å². The first-order valence-corrected chi connectivity index (χ1v) is 4.84. The summed E-state index contributed by atoms with van der Waals surface area (Å²) in [5, 5.41) is 8.54. The molecule has 5 heteroatoms. The van der Waals surface area contributed by atoms with E-state index >= 15 is 0 Å². The maximum atomic E-state index is 10.4. The van der Waals surface area contributed by atoms with Crippen molar-refractivity contribution in [2.24, 2.45) is 16.5 Å². The van der Waals surface area contributed by atoms with Gasteiger partial charge in [0.25, 0.3) is 0 Å². The Kier molecular flexibility index (Phi) is 6.37. The van der Waals surface area contributed by atoms with Crippen LogP contribution in [0.4, 0.5) is 0 Å². The van der Waals surface area contributed by atoms with Crippen LogP contribution < -0.4 is 11.5 Å². The standard InChI is InChI=1S/C10H19N3O2/c1-7(6-13-8(2)11)4-3-5-9(12)10(14)15/h4,9H,3,5-6,12H2,1-2H3,(H2,11,13)(H,14,15)/b7-4+/t9-/m1/s1. The zero-order chi connectivity index (χ0) is 11.8. The number of hydrogen-bond acceptors (Lipinski definition) is 3. The van der Waals surface area contributed by atoms with Gasteiger partial charge in [0.1, 0.15) is 6.04 Å². The fourth-order valence-electron chi connectivity index (χ4n) is 0.947. The topological polar surface area (TPSA) is 102 Å². The molecule has 0 amide bonds. The Labute approximate surface area is 89.9 Å². The second kappa shape index (κ2) is 7.00. The number of nitrogens with two attached hydrogens (primary N) is 2. The van der Waals surface area contributed by atoms with E-state index in [9.17, 15) is 4.79 Å². The average Bonchev–Trinajstić information content (AvgIpc) is 2.14. The highest BCUT2D eigenvalue weighted by Gasteiger charge is 2.09. The van der Waals surface area contributed by atoms with Gasteiger partial charge in [-0.05, 0) is 26.7 Å². The van der Waals surface area contributed by atoms with Crippen molar-refractivity contribution in [3.63, 3.8) is 0 Å². The number of nitrogens with zero attached hydrogens (tertiary/aromatic N) is 1. The Morgan fingerprint density at radius 2 is 2.13 bits per heavy atom. The molecule has 0 heterocycles. The van der Waals surface area contributed by atoms with Crippen molar-refractivity contribution in [1.29, 1.82) is 0 Å². The Morgan fingerprint density at radius 3 is 2.60 bits per heavy atom. The van der Waals surface area contributed by atoms with E-state index in [0.717, 1.165) is 5.57 Å². The number of aliphatic carboxylic acids is 1. The van der Waals surface area contributed by atoms with Crippen molar-refractivity contribution in [3.05, 3.63) is 11.6 Å². The molecule has 0 aliphatic rings. The summed E-state index contributed by atoms with van der Waals surface area (Å²) in [7, 11) is 0. The minimum atomic E-state index is -0.961. The summed E-state index contributed by atoms with van der Waals surface area (Å²) in [6.45, 7) is 4.22. The van der Waals surface area contributed by atoms with Crippen molar-refractivity contribution < 1.29 is 9.90 Å². The summed E-state index contributed by atoms with van der Waals surface area (Å²) in [5.74, 6) is -0.415. The van der Waals surface area contributed by atoms with Crippen molar-refractivity contribution in [3.8, 4) is 0 Å². The van der Waals surface area contributed by atoms with Gasteiger partial charge >= 0.3 is 5.97 Å². The lowest BCUT2D eigenvalue weighted by Gasteiger charge is -2.03. The minimum Gasteiger partial charge on any atom is -0.480 e. The lowest BCUT2D eigenvalue weighted by Crippen LogP contribution is -2.29. The van der Waals surface area contributed by atoms with Gasteiger partial charge in [-0.15, -0.1) is 0 Å². The van der Waals surface area contributed by atoms with Crippen molar-refractivity contribution >= 4 is 11.8 Å². The molecule has 0 unspecified atom stereocenters. The SMILES string of the molecule is CC(N)=NC/C(C)=C/CC[C@@H](N)C(=O)O. The Bertz CT molecular complexity index is 268. The van der Waals surface area contributed by atoms with Crippen LogP contribution in [0.1, 0.15) is 26.7 Å². The molecule has 5 nitrogen and oxygen atoms in total. The summed E-state index contributed by atoms with van der Waals surface area (Å²) in [4.78, 5) is 14.4. The van der Waals surface area contributed by atoms with Crippen molar-refractivity contribution in [2.75, 3.05) is 6.54 Å². The fourth-order valence-corrected chi connectivity index (χ4v) is 0.947. The molecule has 0 saturated carbocycles. The van der Waals surface area contributed by atoms with Gasteiger partial charge in [-0.3, -0.25) is 9.79 Å². The summed E-state index contributed by atoms with van der Waals surface area (Å²) in [6.07, 6.45) is 3.03. The molecule has 0 aromatic heterocycles. The number of hydrogen-bond donors (Lipinski definition) is 3. The Balaban J connectivity index is 3.86. The zero-order valence-electron chi connectivity index (χ0n) is 9.23. The predicted octanol–water partition coefficient (Wildman–Crippen LogP) is 0.502. The zero-order valence-corrected chi connectivity index (χ0v) is 9.23. The van der Waals surface area contributed by atoms with Crippen molar-refractivity contribution in [1.82, 2.24) is 0 Å². The number of rotatable bonds is 6. The van der Waals surface area contributed by atoms with Crippen LogP contribution >= 0.6 is 0 Å². The number of carbonyl (C=O) groups is 1. The minimum absolute atomic E-state index is 0.442. The van der Waals surface area contributed by atoms with E-state index in [1.165, 1.54) is 0 Å². The molecule has 0 bridgehead atoms. The lowest BCUT2D eigenvalue weighted by atomic mass is 10.1. The first kappa shape index (κ1) is 13.6. The molecule has 0 rings (SSSR count). The number of carboxylic acid groups (broad SMARTS) is 1. The molecule has 0 aromatic carbocycles. The van der Waals surface area contributed by atoms with Gasteiger partial charge in [0, 0.05) is 0 Å². The highest BCUT2D eigenvalue weighted by molar-refractivity contribution is 5.77. The van der Waals surface area contributed by atoms with Gasteiger partial charge in [-0.2, -0.15) is 0 Å². The largest absolute Gasteiger partial charge is 0.480 e. The molecule has 0 aliphatic carbocycles. The van der Waals surface area contributed by atoms with Crippen LogP contribution in [0.15, 0.2) is 16.6 Å². The average molecular weight is 213 g/mol. The van der Waals surface area contributed by atoms with Crippen LogP contribution in [-0.4, -0.2) is 29.5 Å². The van der Waals surface area contributed by atoms with Gasteiger partial charge in [0.05, 0.1) is 12.4 Å². The predicted molar refractivity (Wildman–Crippen MR) is 60.8 cm³/mol. The van der Waals surface area contributed by atoms with E-state index in [1.807, 2.05) is 13.0 Å². The van der Waals surface area contributed by atoms with Crippen LogP contribution in [0.3, 0.4) is 0 Å². The molecule has 0 fully saturated rings. The number of aliphatic imine (C=N–C) groups is 1. The molecule has 5 N–H and O–H groups in total. The molecule has 15 heavy (non-hydrogen) atoms. The number of amidine groups is 1. The second-order valence-electron chi connectivity index (χ2n) is 3.53. The van der Waals surface area contributed by atoms with Crippen LogP contribution in [-0.2, 0) is 4.79 Å². The summed E-state index contributed by atoms with van der Waals surface area (Å²) < 4.78 is 0. The molecular formula is C10H19N3O2. The van der Waals surface area contributed by atoms with E-state index in [4.69, 9.17) is 16.6 Å². The molecule has 0 saturated heterocycles. The maximum Gasteiger partial charge on any atom is 0.320 e. The maximum absolute atomic E-state index is 10.4. The highest BCUT2D eigenvalue weighted by atomic mass is 16.4. The highest BCUT2D eigenvalue weighted by Crippen LogP contribution is 2.01. The first-order valence-electron chi connectivity index (χ1n) is 4.84. The van der Waals surface area contributed by atoms with E-state index in [1.54, 1.807) is 6.92 Å². The Hall–Kier alpha value is -1.36. The molecule has 0 spiro atoms. The molecule has 86 valence electrons. The molecule has 0 radical (unpaired) electrons. The van der Waals surface area contributed by atoms with E-state index in [0.29, 0.717) is 25.2 Å². The normalized spacial score (nSPS) is 15.1. The molecular weight excluding hydrogens is 194 g/mol. The number of carboxylic acids is 1. The van der Waals surface area contributed by atoms with Crippen LogP contribution in [0.5, 0.6) is 0 Å². The third-order valence-corrected chi connectivity index (χ3v) is 1.87. The number of allylic oxidation sites excluding steroid dienone is 1. The van der Waals surface area contributed by atoms with Gasteiger partial charge in [-0.1, -0.05) is 11.6 Å². The third kappa shape index (κ3) is 7.69. The summed E-state index contributed by atoms with van der Waals surface area (Å²) >= 11 is 0. The van der Waals surface area contributed by atoms with Crippen LogP contribution in [0.25, 0.3) is 0 Å². The van der Waals surface area contributed by atoms with Crippen molar-refractivity contribution in [2.45, 2.75) is 32.7 Å². The third-order valence-electron chi connectivity index (χ3n) is 1.87. The first-order chi connectivity index (χ1) is 6.93. The lowest BCUT2D eigenvalue weighted by molar-refractivity contribution is -0.138. The summed E-state index contributed by atoms with van der Waals surface area (Å²) in [6, 6.07) is -0.784. The second-order valence-corrected chi connectivity index (χ2v) is 3.53. The van der Waals surface area contributed by atoms with Gasteiger partial charge < -0.3 is 16.6 Å². The quantitative estimate of drug-likeness (QED) is 0.339. The van der Waals surface area contributed by atoms with E-state index in [-0.39, 0.29) is 0 Å². The van der Waals surface area contributed by atoms with Gasteiger partial charge in [0.2, 0.25) is 0 Å². The smallest absolute Gasteiger partial charge is 0.320 e. The molecule has 1 atom stereocenters. The fraction of sp³-hybridized carbons (Fsp3) is 0.600. The van der Waals surface area contributed by atoms with Crippen LogP contribution in [0.2, 0.25) is 0 Å². The monoisotopic (exact) mass is 213 g/mol.